The van der Waals surface area contributed by atoms with E-state index in [0.29, 0.717) is 22.3 Å². The molecule has 46 heavy (non-hydrogen) atoms. The topological polar surface area (TPSA) is 112 Å². The van der Waals surface area contributed by atoms with Crippen LogP contribution in [0, 0.1) is 24.7 Å². The van der Waals surface area contributed by atoms with Crippen molar-refractivity contribution in [3.05, 3.63) is 88.5 Å². The van der Waals surface area contributed by atoms with Gasteiger partial charge in [-0.05, 0) is 66.5 Å². The Hall–Kier alpha value is -4.47. The minimum absolute atomic E-state index is 0.0188. The van der Waals surface area contributed by atoms with E-state index in [1.54, 1.807) is 27.3 Å². The first kappa shape index (κ1) is 31.5. The standard InChI is InChI=1S/C36H37ClN4O5/c1-6-9-24(35(43)40(3)4)33(42)38-27-13-8-10-21(19(27)2)22-11-7-12-23(32(22)37)28-16-20-14-15-29(30(20)34(39-28)46-5)41-17-25-26(18-41)31(25)36(44)45/h6-13,16,25-26,29,31H,1,14-15,17-18H2,2-5H3,(H,38,42)(H,44,45)/b24-9-. The molecule has 6 rings (SSSR count). The maximum Gasteiger partial charge on any atom is 0.307 e. The molecule has 2 N–H and O–H groups in total. The van der Waals surface area contributed by atoms with Gasteiger partial charge in [-0.25, -0.2) is 4.98 Å². The second-order valence-electron chi connectivity index (χ2n) is 12.4. The lowest BCUT2D eigenvalue weighted by atomic mass is 9.96. The van der Waals surface area contributed by atoms with Crippen molar-refractivity contribution in [2.75, 3.05) is 39.6 Å². The lowest BCUT2D eigenvalue weighted by molar-refractivity contribution is -0.139. The van der Waals surface area contributed by atoms with Gasteiger partial charge in [-0.2, -0.15) is 0 Å². The van der Waals surface area contributed by atoms with E-state index in [1.807, 2.05) is 37.3 Å². The van der Waals surface area contributed by atoms with Gasteiger partial charge in [0.1, 0.15) is 5.57 Å². The number of fused-ring (bicyclic) bond motifs is 2. The van der Waals surface area contributed by atoms with E-state index in [2.05, 4.69) is 22.9 Å². The van der Waals surface area contributed by atoms with Crippen LogP contribution in [0.5, 0.6) is 5.88 Å². The van der Waals surface area contributed by atoms with Crippen LogP contribution in [0.3, 0.4) is 0 Å². The van der Waals surface area contributed by atoms with E-state index in [4.69, 9.17) is 21.3 Å². The van der Waals surface area contributed by atoms with Crippen molar-refractivity contribution >= 4 is 35.1 Å². The predicted octanol–water partition coefficient (Wildman–Crippen LogP) is 5.77. The van der Waals surface area contributed by atoms with Gasteiger partial charge >= 0.3 is 5.97 Å². The molecule has 0 bridgehead atoms. The first-order valence-electron chi connectivity index (χ1n) is 15.3. The first-order valence-corrected chi connectivity index (χ1v) is 15.7. The van der Waals surface area contributed by atoms with Crippen LogP contribution in [-0.2, 0) is 20.8 Å². The van der Waals surface area contributed by atoms with Gasteiger partial charge in [-0.1, -0.05) is 54.6 Å². The van der Waals surface area contributed by atoms with Crippen molar-refractivity contribution in [3.63, 3.8) is 0 Å². The number of carboxylic acids is 1. The number of piperidine rings is 1. The summed E-state index contributed by atoms with van der Waals surface area (Å²) in [7, 11) is 4.81. The Morgan fingerprint density at radius 2 is 1.78 bits per heavy atom. The number of amides is 2. The smallest absolute Gasteiger partial charge is 0.307 e. The van der Waals surface area contributed by atoms with Crippen molar-refractivity contribution in [2.45, 2.75) is 25.8 Å². The molecule has 2 amide bonds. The van der Waals surface area contributed by atoms with Crippen LogP contribution in [0.15, 0.2) is 66.8 Å². The lowest BCUT2D eigenvalue weighted by Crippen LogP contribution is -2.30. The first-order chi connectivity index (χ1) is 22.0. The number of ether oxygens (including phenoxy) is 1. The third-order valence-electron chi connectivity index (χ3n) is 9.58. The number of likely N-dealkylation sites (tertiary alicyclic amines) is 1. The molecule has 3 aromatic rings. The van der Waals surface area contributed by atoms with E-state index >= 15 is 0 Å². The molecule has 2 aromatic carbocycles. The minimum Gasteiger partial charge on any atom is -0.481 e. The Labute approximate surface area is 273 Å². The zero-order valence-electron chi connectivity index (χ0n) is 26.3. The van der Waals surface area contributed by atoms with Gasteiger partial charge in [-0.3, -0.25) is 19.3 Å². The van der Waals surface area contributed by atoms with Crippen LogP contribution in [0.1, 0.15) is 29.2 Å². The van der Waals surface area contributed by atoms with Crippen LogP contribution in [0.25, 0.3) is 22.4 Å². The highest BCUT2D eigenvalue weighted by Gasteiger charge is 2.60. The molecule has 3 aliphatic rings. The van der Waals surface area contributed by atoms with E-state index in [-0.39, 0.29) is 29.4 Å². The van der Waals surface area contributed by atoms with Gasteiger partial charge in [0.25, 0.3) is 11.8 Å². The molecule has 3 unspecified atom stereocenters. The number of carbonyl (C=O) groups excluding carboxylic acids is 2. The number of hydrogen-bond acceptors (Lipinski definition) is 6. The van der Waals surface area contributed by atoms with Gasteiger partial charge in [0.2, 0.25) is 5.88 Å². The van der Waals surface area contributed by atoms with Crippen LogP contribution >= 0.6 is 11.6 Å². The molecule has 3 atom stereocenters. The van der Waals surface area contributed by atoms with Crippen molar-refractivity contribution < 1.29 is 24.2 Å². The van der Waals surface area contributed by atoms with Gasteiger partial charge in [0, 0.05) is 55.6 Å². The number of carbonyl (C=O) groups is 3. The number of benzene rings is 2. The molecule has 0 radical (unpaired) electrons. The molecule has 2 heterocycles. The number of methoxy groups -OCH3 is 1. The summed E-state index contributed by atoms with van der Waals surface area (Å²) in [6.07, 6.45) is 4.62. The van der Waals surface area contributed by atoms with Crippen molar-refractivity contribution in [1.82, 2.24) is 14.8 Å². The number of hydrogen-bond donors (Lipinski definition) is 2. The fourth-order valence-electron chi connectivity index (χ4n) is 7.21. The summed E-state index contributed by atoms with van der Waals surface area (Å²) < 4.78 is 5.85. The number of likely N-dealkylation sites (N-methyl/N-ethyl adjacent to an activating group) is 1. The Morgan fingerprint density at radius 3 is 2.43 bits per heavy atom. The van der Waals surface area contributed by atoms with Crippen molar-refractivity contribution in [1.29, 1.82) is 0 Å². The molecule has 0 spiro atoms. The molecular weight excluding hydrogens is 604 g/mol. The van der Waals surface area contributed by atoms with Crippen molar-refractivity contribution in [2.24, 2.45) is 17.8 Å². The second-order valence-corrected chi connectivity index (χ2v) is 12.8. The third-order valence-corrected chi connectivity index (χ3v) is 9.99. The van der Waals surface area contributed by atoms with Gasteiger partial charge in [0.15, 0.2) is 0 Å². The van der Waals surface area contributed by atoms with Crippen LogP contribution in [0.2, 0.25) is 5.02 Å². The Bertz CT molecular complexity index is 1790. The fourth-order valence-corrected chi connectivity index (χ4v) is 7.54. The summed E-state index contributed by atoms with van der Waals surface area (Å²) >= 11 is 7.12. The van der Waals surface area contributed by atoms with E-state index in [1.165, 1.54) is 22.6 Å². The number of allylic oxidation sites excluding steroid dienone is 2. The highest BCUT2D eigenvalue weighted by molar-refractivity contribution is 6.36. The molecule has 1 aromatic heterocycles. The molecule has 238 valence electrons. The quantitative estimate of drug-likeness (QED) is 0.132. The predicted molar refractivity (Wildman–Crippen MR) is 178 cm³/mol. The summed E-state index contributed by atoms with van der Waals surface area (Å²) in [6, 6.07) is 13.6. The van der Waals surface area contributed by atoms with E-state index < -0.39 is 17.8 Å². The number of rotatable bonds is 9. The number of carboxylic acid groups (broad SMARTS) is 1. The summed E-state index contributed by atoms with van der Waals surface area (Å²) in [5.41, 5.74) is 6.67. The average molecular weight is 641 g/mol. The maximum absolute atomic E-state index is 13.1. The number of pyridine rings is 1. The molecule has 9 nitrogen and oxygen atoms in total. The summed E-state index contributed by atoms with van der Waals surface area (Å²) in [5.74, 6) is -0.779. The zero-order valence-corrected chi connectivity index (χ0v) is 27.1. The minimum atomic E-state index is -0.678. The van der Waals surface area contributed by atoms with Crippen LogP contribution < -0.4 is 10.1 Å². The highest BCUT2D eigenvalue weighted by Crippen LogP contribution is 2.55. The number of nitrogens with zero attached hydrogens (tertiary/aromatic N) is 3. The number of anilines is 1. The van der Waals surface area contributed by atoms with Gasteiger partial charge in [0.05, 0.1) is 23.7 Å². The third kappa shape index (κ3) is 5.48. The molecule has 1 aliphatic heterocycles. The second kappa shape index (κ2) is 12.4. The lowest BCUT2D eigenvalue weighted by Gasteiger charge is -2.27. The van der Waals surface area contributed by atoms with Gasteiger partial charge < -0.3 is 20.1 Å². The van der Waals surface area contributed by atoms with E-state index in [0.717, 1.165) is 53.7 Å². The Kier molecular flexibility index (Phi) is 8.48. The SMILES string of the molecule is C=C/C=C(/C(=O)Nc1cccc(-c2cccc(-c3cc4c(c(OC)n3)C(N3CC5C(C3)C5C(=O)O)CC4)c2Cl)c1C)C(=O)N(C)C. The number of aromatic nitrogens is 1. The summed E-state index contributed by atoms with van der Waals surface area (Å²) in [6.45, 7) is 7.12. The number of aryl methyl sites for hydroxylation is 1. The van der Waals surface area contributed by atoms with Gasteiger partial charge in [-0.15, -0.1) is 0 Å². The molecule has 10 heteroatoms. The average Bonchev–Trinajstić information content (AvgIpc) is 3.32. The summed E-state index contributed by atoms with van der Waals surface area (Å²) in [5, 5.41) is 12.9. The monoisotopic (exact) mass is 640 g/mol. The normalized spacial score (nSPS) is 21.7. The van der Waals surface area contributed by atoms with E-state index in [9.17, 15) is 19.5 Å². The zero-order chi connectivity index (χ0) is 32.9. The van der Waals surface area contributed by atoms with Crippen LogP contribution in [-0.4, -0.2) is 72.0 Å². The molecule has 2 fully saturated rings. The number of halogens is 1. The fraction of sp³-hybridized carbons (Fsp3) is 0.333. The highest BCUT2D eigenvalue weighted by atomic mass is 35.5. The summed E-state index contributed by atoms with van der Waals surface area (Å²) in [4.78, 5) is 45.9. The Balaban J connectivity index is 1.29. The molecule has 1 saturated heterocycles. The maximum atomic E-state index is 13.1. The molecule has 1 saturated carbocycles. The van der Waals surface area contributed by atoms with Crippen molar-refractivity contribution in [3.8, 4) is 28.3 Å². The number of aliphatic carboxylic acids is 1. The molecule has 2 aliphatic carbocycles. The molecular formula is C36H37ClN4O5. The number of nitrogens with one attached hydrogen (secondary N) is 1. The largest absolute Gasteiger partial charge is 0.481 e. The Morgan fingerprint density at radius 1 is 1.11 bits per heavy atom. The van der Waals surface area contributed by atoms with Crippen LogP contribution in [0.4, 0.5) is 5.69 Å².